The van der Waals surface area contributed by atoms with Crippen molar-refractivity contribution in [3.63, 3.8) is 0 Å². The van der Waals surface area contributed by atoms with Gasteiger partial charge in [-0.25, -0.2) is 9.97 Å². The Morgan fingerprint density at radius 1 is 1.07 bits per heavy atom. The summed E-state index contributed by atoms with van der Waals surface area (Å²) < 4.78 is 10.5. The van der Waals surface area contributed by atoms with E-state index in [1.54, 1.807) is 32.4 Å². The molecule has 2 aromatic rings. The van der Waals surface area contributed by atoms with Crippen molar-refractivity contribution in [1.29, 1.82) is 0 Å². The highest BCUT2D eigenvalue weighted by Crippen LogP contribution is 2.27. The van der Waals surface area contributed by atoms with E-state index in [-0.39, 0.29) is 11.8 Å². The van der Waals surface area contributed by atoms with Gasteiger partial charge in [-0.1, -0.05) is 0 Å². The van der Waals surface area contributed by atoms with Crippen LogP contribution in [-0.4, -0.2) is 43.2 Å². The number of nitrogens with one attached hydrogen (secondary N) is 1. The third kappa shape index (κ3) is 4.67. The topological polar surface area (TPSA) is 76.6 Å². The Morgan fingerprint density at radius 3 is 2.30 bits per heavy atom. The summed E-state index contributed by atoms with van der Waals surface area (Å²) in [5.41, 5.74) is 2.54. The van der Waals surface area contributed by atoms with Crippen molar-refractivity contribution >= 4 is 17.5 Å². The van der Waals surface area contributed by atoms with Crippen molar-refractivity contribution in [2.75, 3.05) is 37.5 Å². The molecule has 7 heteroatoms. The van der Waals surface area contributed by atoms with Gasteiger partial charge in [0, 0.05) is 48.4 Å². The number of aromatic nitrogens is 2. The highest BCUT2D eigenvalue weighted by atomic mass is 16.5. The van der Waals surface area contributed by atoms with Gasteiger partial charge in [0.2, 0.25) is 11.9 Å². The van der Waals surface area contributed by atoms with Crippen LogP contribution in [-0.2, 0) is 4.79 Å². The van der Waals surface area contributed by atoms with Crippen LogP contribution in [0.3, 0.4) is 0 Å². The second kappa shape index (κ2) is 8.24. The summed E-state index contributed by atoms with van der Waals surface area (Å²) in [7, 11) is 3.17. The average molecular weight is 370 g/mol. The molecular formula is C20H26N4O3. The summed E-state index contributed by atoms with van der Waals surface area (Å²) >= 11 is 0. The SMILES string of the molecule is COc1cc(NC(=O)C2CCCN(c3nc(C)cc(C)n3)C2)cc(OC)c1. The van der Waals surface area contributed by atoms with Gasteiger partial charge >= 0.3 is 0 Å². The Morgan fingerprint density at radius 2 is 1.70 bits per heavy atom. The zero-order valence-electron chi connectivity index (χ0n) is 16.3. The number of methoxy groups -OCH3 is 2. The van der Waals surface area contributed by atoms with Gasteiger partial charge in [0.15, 0.2) is 0 Å². The van der Waals surface area contributed by atoms with Crippen molar-refractivity contribution in [3.05, 3.63) is 35.7 Å². The lowest BCUT2D eigenvalue weighted by Gasteiger charge is -2.32. The molecule has 1 fully saturated rings. The van der Waals surface area contributed by atoms with Gasteiger partial charge in [0.25, 0.3) is 0 Å². The minimum atomic E-state index is -0.125. The van der Waals surface area contributed by atoms with Gasteiger partial charge in [-0.3, -0.25) is 4.79 Å². The van der Waals surface area contributed by atoms with E-state index in [9.17, 15) is 4.79 Å². The molecule has 1 saturated heterocycles. The normalized spacial score (nSPS) is 16.7. The molecule has 1 unspecified atom stereocenters. The van der Waals surface area contributed by atoms with E-state index in [1.807, 2.05) is 19.9 Å². The minimum Gasteiger partial charge on any atom is -0.497 e. The van der Waals surface area contributed by atoms with Crippen LogP contribution in [0.15, 0.2) is 24.3 Å². The van der Waals surface area contributed by atoms with Crippen LogP contribution < -0.4 is 19.7 Å². The molecule has 1 N–H and O–H groups in total. The number of rotatable bonds is 5. The van der Waals surface area contributed by atoms with Gasteiger partial charge in [0.05, 0.1) is 20.1 Å². The molecule has 7 nitrogen and oxygen atoms in total. The van der Waals surface area contributed by atoms with Gasteiger partial charge in [-0.05, 0) is 32.8 Å². The highest BCUT2D eigenvalue weighted by molar-refractivity contribution is 5.93. The first-order valence-corrected chi connectivity index (χ1v) is 9.09. The van der Waals surface area contributed by atoms with Gasteiger partial charge in [-0.15, -0.1) is 0 Å². The van der Waals surface area contributed by atoms with Crippen LogP contribution in [0.25, 0.3) is 0 Å². The number of piperidine rings is 1. The standard InChI is InChI=1S/C20H26N4O3/c1-13-8-14(2)22-20(21-13)24-7-5-6-15(12-24)19(25)23-16-9-17(26-3)11-18(10-16)27-4/h8-11,15H,5-7,12H2,1-4H3,(H,23,25). The molecular weight excluding hydrogens is 344 g/mol. The van der Waals surface area contributed by atoms with Crippen molar-refractivity contribution < 1.29 is 14.3 Å². The summed E-state index contributed by atoms with van der Waals surface area (Å²) in [6.07, 6.45) is 1.77. The zero-order chi connectivity index (χ0) is 19.4. The fourth-order valence-electron chi connectivity index (χ4n) is 3.35. The Balaban J connectivity index is 1.71. The largest absolute Gasteiger partial charge is 0.497 e. The number of hydrogen-bond acceptors (Lipinski definition) is 6. The molecule has 3 rings (SSSR count). The molecule has 1 aliphatic heterocycles. The first-order valence-electron chi connectivity index (χ1n) is 9.09. The number of amides is 1. The van der Waals surface area contributed by atoms with E-state index in [0.717, 1.165) is 30.8 Å². The molecule has 144 valence electrons. The number of ether oxygens (including phenoxy) is 2. The van der Waals surface area contributed by atoms with Crippen LogP contribution >= 0.6 is 0 Å². The average Bonchev–Trinajstić information content (AvgIpc) is 2.67. The molecule has 2 heterocycles. The minimum absolute atomic E-state index is 0.0145. The third-order valence-corrected chi connectivity index (χ3v) is 4.66. The number of anilines is 2. The predicted octanol–water partition coefficient (Wildman–Crippen LogP) is 2.97. The van der Waals surface area contributed by atoms with E-state index >= 15 is 0 Å². The van der Waals surface area contributed by atoms with E-state index < -0.39 is 0 Å². The Bertz CT molecular complexity index is 782. The number of carbonyl (C=O) groups is 1. The Kier molecular flexibility index (Phi) is 5.78. The smallest absolute Gasteiger partial charge is 0.229 e. The van der Waals surface area contributed by atoms with Crippen molar-refractivity contribution in [2.45, 2.75) is 26.7 Å². The number of benzene rings is 1. The molecule has 1 amide bonds. The van der Waals surface area contributed by atoms with E-state index in [2.05, 4.69) is 20.2 Å². The highest BCUT2D eigenvalue weighted by Gasteiger charge is 2.27. The molecule has 0 radical (unpaired) electrons. The number of carbonyl (C=O) groups excluding carboxylic acids is 1. The van der Waals surface area contributed by atoms with Crippen LogP contribution in [0.5, 0.6) is 11.5 Å². The van der Waals surface area contributed by atoms with Crippen LogP contribution in [0.4, 0.5) is 11.6 Å². The third-order valence-electron chi connectivity index (χ3n) is 4.66. The second-order valence-electron chi connectivity index (χ2n) is 6.83. The number of nitrogens with zero attached hydrogens (tertiary/aromatic N) is 3. The molecule has 1 aromatic carbocycles. The van der Waals surface area contributed by atoms with Gasteiger partial charge in [-0.2, -0.15) is 0 Å². The van der Waals surface area contributed by atoms with Gasteiger partial charge in [0.1, 0.15) is 11.5 Å². The Hall–Kier alpha value is -2.83. The maximum absolute atomic E-state index is 12.8. The predicted molar refractivity (Wildman–Crippen MR) is 105 cm³/mol. The van der Waals surface area contributed by atoms with Crippen molar-refractivity contribution in [3.8, 4) is 11.5 Å². The quantitative estimate of drug-likeness (QED) is 0.872. The van der Waals surface area contributed by atoms with E-state index in [1.165, 1.54) is 0 Å². The molecule has 1 atom stereocenters. The van der Waals surface area contributed by atoms with Crippen LogP contribution in [0, 0.1) is 19.8 Å². The van der Waals surface area contributed by atoms with Crippen LogP contribution in [0.1, 0.15) is 24.2 Å². The monoisotopic (exact) mass is 370 g/mol. The van der Waals surface area contributed by atoms with E-state index in [4.69, 9.17) is 9.47 Å². The first kappa shape index (κ1) is 18.9. The summed E-state index contributed by atoms with van der Waals surface area (Å²) in [5, 5.41) is 2.99. The maximum atomic E-state index is 12.8. The second-order valence-corrected chi connectivity index (χ2v) is 6.83. The number of hydrogen-bond donors (Lipinski definition) is 1. The molecule has 0 aliphatic carbocycles. The molecule has 27 heavy (non-hydrogen) atoms. The summed E-state index contributed by atoms with van der Waals surface area (Å²) in [6.45, 7) is 5.39. The molecule has 0 bridgehead atoms. The molecule has 1 aromatic heterocycles. The maximum Gasteiger partial charge on any atom is 0.229 e. The molecule has 0 saturated carbocycles. The first-order chi connectivity index (χ1) is 13.0. The van der Waals surface area contributed by atoms with Crippen molar-refractivity contribution in [2.24, 2.45) is 5.92 Å². The fourth-order valence-corrected chi connectivity index (χ4v) is 3.35. The summed E-state index contributed by atoms with van der Waals surface area (Å²) in [5.74, 6) is 1.84. The van der Waals surface area contributed by atoms with Crippen LogP contribution in [0.2, 0.25) is 0 Å². The van der Waals surface area contributed by atoms with Crippen molar-refractivity contribution in [1.82, 2.24) is 9.97 Å². The lowest BCUT2D eigenvalue weighted by Crippen LogP contribution is -2.41. The fraction of sp³-hybridized carbons (Fsp3) is 0.450. The summed E-state index contributed by atoms with van der Waals surface area (Å²) in [6, 6.07) is 7.30. The zero-order valence-corrected chi connectivity index (χ0v) is 16.3. The van der Waals surface area contributed by atoms with E-state index in [0.29, 0.717) is 29.7 Å². The lowest BCUT2D eigenvalue weighted by molar-refractivity contribution is -0.120. The van der Waals surface area contributed by atoms with Gasteiger partial charge < -0.3 is 19.7 Å². The lowest BCUT2D eigenvalue weighted by atomic mass is 9.97. The number of aryl methyl sites for hydroxylation is 2. The summed E-state index contributed by atoms with van der Waals surface area (Å²) in [4.78, 5) is 24.0. The Labute approximate surface area is 159 Å². The molecule has 1 aliphatic rings. The molecule has 0 spiro atoms.